The van der Waals surface area contributed by atoms with E-state index >= 15 is 0 Å². The van der Waals surface area contributed by atoms with E-state index in [2.05, 4.69) is 4.72 Å². The molecule has 2 rings (SSSR count). The molecule has 0 amide bonds. The number of nitrogens with one attached hydrogen (secondary N) is 1. The number of aliphatic carboxylic acids is 1. The molecule has 0 unspecified atom stereocenters. The van der Waals surface area contributed by atoms with Gasteiger partial charge in [-0.2, -0.15) is 0 Å². The largest absolute Gasteiger partial charge is 0.481 e. The molecule has 2 N–H and O–H groups in total. The highest BCUT2D eigenvalue weighted by Crippen LogP contribution is 2.24. The van der Waals surface area contributed by atoms with E-state index in [1.165, 1.54) is 0 Å². The van der Waals surface area contributed by atoms with Crippen LogP contribution >= 0.6 is 0 Å². The van der Waals surface area contributed by atoms with Gasteiger partial charge in [0, 0.05) is 5.69 Å². The highest BCUT2D eigenvalue weighted by molar-refractivity contribution is 7.92. The molecule has 2 aromatic rings. The summed E-state index contributed by atoms with van der Waals surface area (Å²) in [6.07, 6.45) is -0.0940. The fourth-order valence-electron chi connectivity index (χ4n) is 2.66. The van der Waals surface area contributed by atoms with Crippen LogP contribution in [0.5, 0.6) is 0 Å². The molecule has 0 aliphatic carbocycles. The maximum Gasteiger partial charge on any atom is 0.307 e. The fourth-order valence-corrected chi connectivity index (χ4v) is 4.18. The van der Waals surface area contributed by atoms with Gasteiger partial charge in [-0.1, -0.05) is 29.8 Å². The number of carboxylic acid groups (broad SMARTS) is 1. The average molecular weight is 333 g/mol. The van der Waals surface area contributed by atoms with Crippen molar-refractivity contribution in [2.45, 2.75) is 32.1 Å². The number of hydrogen-bond donors (Lipinski definition) is 2. The van der Waals surface area contributed by atoms with Crippen LogP contribution in [0, 0.1) is 20.8 Å². The zero-order chi connectivity index (χ0) is 17.2. The minimum atomic E-state index is -3.69. The average Bonchev–Trinajstić information content (AvgIpc) is 2.38. The van der Waals surface area contributed by atoms with Crippen molar-refractivity contribution in [1.29, 1.82) is 0 Å². The maximum atomic E-state index is 12.6. The molecule has 0 bridgehead atoms. The lowest BCUT2D eigenvalue weighted by Crippen LogP contribution is -2.16. The van der Waals surface area contributed by atoms with E-state index in [1.807, 2.05) is 19.1 Å². The standard InChI is InChI=1S/C17H19NO4S/c1-11-8-12(2)17(13(3)9-11)23(21,22)18-15-6-4-14(5-7-15)10-16(19)20/h4-9,18H,10H2,1-3H3,(H,19,20). The van der Waals surface area contributed by atoms with E-state index in [1.54, 1.807) is 38.1 Å². The molecule has 0 aliphatic rings. The Morgan fingerprint density at radius 2 is 1.57 bits per heavy atom. The summed E-state index contributed by atoms with van der Waals surface area (Å²) in [5.74, 6) is -0.927. The molecule has 122 valence electrons. The number of carbonyl (C=O) groups is 1. The Labute approximate surface area is 136 Å². The van der Waals surface area contributed by atoms with Gasteiger partial charge in [-0.05, 0) is 49.6 Å². The molecular formula is C17H19NO4S. The van der Waals surface area contributed by atoms with Gasteiger partial charge in [0.15, 0.2) is 0 Å². The first kappa shape index (κ1) is 17.0. The van der Waals surface area contributed by atoms with Crippen molar-refractivity contribution in [2.75, 3.05) is 4.72 Å². The summed E-state index contributed by atoms with van der Waals surface area (Å²) in [5, 5.41) is 8.74. The summed E-state index contributed by atoms with van der Waals surface area (Å²) in [6.45, 7) is 5.46. The Bertz CT molecular complexity index is 816. The predicted molar refractivity (Wildman–Crippen MR) is 89.2 cm³/mol. The first-order valence-electron chi connectivity index (χ1n) is 7.10. The molecule has 2 aromatic carbocycles. The summed E-state index contributed by atoms with van der Waals surface area (Å²) < 4.78 is 27.8. The molecule has 23 heavy (non-hydrogen) atoms. The lowest BCUT2D eigenvalue weighted by molar-refractivity contribution is -0.136. The molecule has 0 saturated carbocycles. The minimum absolute atomic E-state index is 0.0940. The van der Waals surface area contributed by atoms with Crippen LogP contribution in [-0.2, 0) is 21.2 Å². The molecule has 5 nitrogen and oxygen atoms in total. The normalized spacial score (nSPS) is 11.3. The van der Waals surface area contributed by atoms with Crippen LogP contribution in [0.3, 0.4) is 0 Å². The van der Waals surface area contributed by atoms with Crippen molar-refractivity contribution in [3.63, 3.8) is 0 Å². The van der Waals surface area contributed by atoms with Crippen molar-refractivity contribution < 1.29 is 18.3 Å². The second-order valence-electron chi connectivity index (χ2n) is 5.60. The van der Waals surface area contributed by atoms with Crippen LogP contribution in [0.1, 0.15) is 22.3 Å². The number of rotatable bonds is 5. The quantitative estimate of drug-likeness (QED) is 0.881. The van der Waals surface area contributed by atoms with Crippen molar-refractivity contribution in [3.05, 3.63) is 58.7 Å². The van der Waals surface area contributed by atoms with Crippen molar-refractivity contribution in [1.82, 2.24) is 0 Å². The topological polar surface area (TPSA) is 83.5 Å². The number of anilines is 1. The molecule has 0 fully saturated rings. The van der Waals surface area contributed by atoms with Gasteiger partial charge < -0.3 is 5.11 Å². The van der Waals surface area contributed by atoms with Crippen LogP contribution in [0.25, 0.3) is 0 Å². The second-order valence-corrected chi connectivity index (χ2v) is 7.22. The monoisotopic (exact) mass is 333 g/mol. The highest BCUT2D eigenvalue weighted by atomic mass is 32.2. The summed E-state index contributed by atoms with van der Waals surface area (Å²) >= 11 is 0. The second kappa shape index (κ2) is 6.42. The number of carboxylic acids is 1. The van der Waals surface area contributed by atoms with Crippen molar-refractivity contribution >= 4 is 21.7 Å². The Kier molecular flexibility index (Phi) is 4.75. The zero-order valence-electron chi connectivity index (χ0n) is 13.3. The Morgan fingerprint density at radius 3 is 2.04 bits per heavy atom. The third-order valence-corrected chi connectivity index (χ3v) is 5.12. The van der Waals surface area contributed by atoms with Gasteiger partial charge in [0.05, 0.1) is 11.3 Å². The summed E-state index contributed by atoms with van der Waals surface area (Å²) in [6, 6.07) is 9.99. The van der Waals surface area contributed by atoms with Gasteiger partial charge in [-0.15, -0.1) is 0 Å². The minimum Gasteiger partial charge on any atom is -0.481 e. The third-order valence-electron chi connectivity index (χ3n) is 3.43. The number of sulfonamides is 1. The van der Waals surface area contributed by atoms with Crippen LogP contribution in [0.2, 0.25) is 0 Å². The van der Waals surface area contributed by atoms with Crippen LogP contribution < -0.4 is 4.72 Å². The number of benzene rings is 2. The molecule has 0 aliphatic heterocycles. The Balaban J connectivity index is 2.30. The molecule has 0 heterocycles. The van der Waals surface area contributed by atoms with Crippen LogP contribution in [0.15, 0.2) is 41.3 Å². The van der Waals surface area contributed by atoms with Gasteiger partial charge in [0.2, 0.25) is 0 Å². The lowest BCUT2D eigenvalue weighted by atomic mass is 10.1. The lowest BCUT2D eigenvalue weighted by Gasteiger charge is -2.14. The molecule has 0 aromatic heterocycles. The molecule has 0 saturated heterocycles. The van der Waals surface area contributed by atoms with Gasteiger partial charge in [-0.25, -0.2) is 8.42 Å². The fraction of sp³-hybridized carbons (Fsp3) is 0.235. The molecule has 0 radical (unpaired) electrons. The van der Waals surface area contributed by atoms with Gasteiger partial charge >= 0.3 is 5.97 Å². The smallest absolute Gasteiger partial charge is 0.307 e. The maximum absolute atomic E-state index is 12.6. The summed E-state index contributed by atoms with van der Waals surface area (Å²) in [4.78, 5) is 10.9. The van der Waals surface area contributed by atoms with E-state index in [0.717, 1.165) is 5.56 Å². The van der Waals surface area contributed by atoms with Crippen molar-refractivity contribution in [2.24, 2.45) is 0 Å². The van der Waals surface area contributed by atoms with E-state index < -0.39 is 16.0 Å². The Hall–Kier alpha value is -2.34. The molecule has 6 heteroatoms. The summed E-state index contributed by atoms with van der Waals surface area (Å²) in [7, 11) is -3.69. The van der Waals surface area contributed by atoms with E-state index in [9.17, 15) is 13.2 Å². The Morgan fingerprint density at radius 1 is 1.04 bits per heavy atom. The van der Waals surface area contributed by atoms with E-state index in [-0.39, 0.29) is 11.3 Å². The number of hydrogen-bond acceptors (Lipinski definition) is 3. The molecular weight excluding hydrogens is 314 g/mol. The summed E-state index contributed by atoms with van der Waals surface area (Å²) in [5.41, 5.74) is 3.41. The highest BCUT2D eigenvalue weighted by Gasteiger charge is 2.20. The SMILES string of the molecule is Cc1cc(C)c(S(=O)(=O)Nc2ccc(CC(=O)O)cc2)c(C)c1. The predicted octanol–water partition coefficient (Wildman–Crippen LogP) is 3.04. The third kappa shape index (κ3) is 4.10. The van der Waals surface area contributed by atoms with E-state index in [4.69, 9.17) is 5.11 Å². The number of aryl methyl sites for hydroxylation is 3. The van der Waals surface area contributed by atoms with Gasteiger partial charge in [0.25, 0.3) is 10.0 Å². The van der Waals surface area contributed by atoms with Gasteiger partial charge in [0.1, 0.15) is 0 Å². The first-order chi connectivity index (χ1) is 10.7. The molecule has 0 atom stereocenters. The van der Waals surface area contributed by atoms with Crippen LogP contribution in [-0.4, -0.2) is 19.5 Å². The molecule has 0 spiro atoms. The van der Waals surface area contributed by atoms with Crippen LogP contribution in [0.4, 0.5) is 5.69 Å². The first-order valence-corrected chi connectivity index (χ1v) is 8.59. The van der Waals surface area contributed by atoms with Gasteiger partial charge in [-0.3, -0.25) is 9.52 Å². The van der Waals surface area contributed by atoms with Crippen molar-refractivity contribution in [3.8, 4) is 0 Å². The zero-order valence-corrected chi connectivity index (χ0v) is 14.1. The van der Waals surface area contributed by atoms with E-state index in [0.29, 0.717) is 22.4 Å².